The van der Waals surface area contributed by atoms with Crippen molar-refractivity contribution in [3.8, 4) is 0 Å². The second-order valence-electron chi connectivity index (χ2n) is 4.32. The highest BCUT2D eigenvalue weighted by molar-refractivity contribution is 9.10. The molecule has 0 fully saturated rings. The maximum absolute atomic E-state index is 12.2. The summed E-state index contributed by atoms with van der Waals surface area (Å²) in [7, 11) is 0. The number of hydrogen-bond donors (Lipinski definition) is 2. The highest BCUT2D eigenvalue weighted by Gasteiger charge is 2.13. The molecule has 1 aromatic heterocycles. The lowest BCUT2D eigenvalue weighted by Crippen LogP contribution is -2.13. The second kappa shape index (κ2) is 5.63. The number of rotatable bonds is 2. The molecule has 0 spiro atoms. The average molecular weight is 383 g/mol. The van der Waals surface area contributed by atoms with Gasteiger partial charge >= 0.3 is 0 Å². The van der Waals surface area contributed by atoms with Crippen molar-refractivity contribution in [2.45, 2.75) is 0 Å². The molecule has 2 aromatic carbocycles. The minimum absolute atomic E-state index is 0.287. The van der Waals surface area contributed by atoms with Crippen LogP contribution in [0.2, 0.25) is 5.02 Å². The van der Waals surface area contributed by atoms with Crippen molar-refractivity contribution < 1.29 is 4.79 Å². The van der Waals surface area contributed by atoms with Gasteiger partial charge in [-0.25, -0.2) is 4.98 Å². The summed E-state index contributed by atoms with van der Waals surface area (Å²) in [6.07, 6.45) is 0. The van der Waals surface area contributed by atoms with E-state index in [0.717, 1.165) is 14.7 Å². The number of anilines is 2. The molecule has 0 radical (unpaired) electrons. The normalized spacial score (nSPS) is 10.8. The minimum Gasteiger partial charge on any atom is -0.398 e. The monoisotopic (exact) mass is 381 g/mol. The van der Waals surface area contributed by atoms with E-state index in [0.29, 0.717) is 21.4 Å². The van der Waals surface area contributed by atoms with E-state index in [4.69, 9.17) is 17.3 Å². The fraction of sp³-hybridized carbons (Fsp3) is 0. The number of carbonyl (C=O) groups is 1. The molecular weight excluding hydrogens is 374 g/mol. The van der Waals surface area contributed by atoms with E-state index in [9.17, 15) is 4.79 Å². The zero-order valence-corrected chi connectivity index (χ0v) is 13.7. The van der Waals surface area contributed by atoms with Gasteiger partial charge in [-0.15, -0.1) is 0 Å². The third-order valence-electron chi connectivity index (χ3n) is 2.83. The third kappa shape index (κ3) is 3.02. The number of amides is 1. The Balaban J connectivity index is 1.89. The molecule has 1 amide bonds. The Morgan fingerprint density at radius 2 is 2.10 bits per heavy atom. The van der Waals surface area contributed by atoms with Crippen molar-refractivity contribution >= 4 is 65.8 Å². The van der Waals surface area contributed by atoms with Crippen LogP contribution >= 0.6 is 38.9 Å². The van der Waals surface area contributed by atoms with Gasteiger partial charge in [-0.2, -0.15) is 0 Å². The van der Waals surface area contributed by atoms with Gasteiger partial charge in [0.15, 0.2) is 5.13 Å². The molecule has 4 nitrogen and oxygen atoms in total. The lowest BCUT2D eigenvalue weighted by Gasteiger charge is -2.05. The predicted octanol–water partition coefficient (Wildman–Crippen LogP) is 4.55. The molecule has 0 saturated heterocycles. The molecule has 1 heterocycles. The van der Waals surface area contributed by atoms with Crippen molar-refractivity contribution in [2.24, 2.45) is 0 Å². The van der Waals surface area contributed by atoms with E-state index in [1.54, 1.807) is 24.3 Å². The molecule has 3 N–H and O–H groups in total. The summed E-state index contributed by atoms with van der Waals surface area (Å²) in [4.78, 5) is 16.6. The Morgan fingerprint density at radius 1 is 1.29 bits per heavy atom. The number of nitrogens with two attached hydrogens (primary N) is 1. The van der Waals surface area contributed by atoms with E-state index in [1.165, 1.54) is 11.3 Å². The van der Waals surface area contributed by atoms with E-state index in [2.05, 4.69) is 26.2 Å². The Hall–Kier alpha value is -1.63. The molecular formula is C14H9BrClN3OS. The van der Waals surface area contributed by atoms with Crippen LogP contribution in [-0.2, 0) is 0 Å². The molecule has 0 aliphatic carbocycles. The fourth-order valence-corrected chi connectivity index (χ4v) is 3.37. The number of hydrogen-bond acceptors (Lipinski definition) is 4. The molecule has 0 atom stereocenters. The highest BCUT2D eigenvalue weighted by atomic mass is 79.9. The van der Waals surface area contributed by atoms with Crippen LogP contribution in [0.4, 0.5) is 10.8 Å². The number of benzene rings is 2. The van der Waals surface area contributed by atoms with Crippen LogP contribution in [0.25, 0.3) is 10.2 Å². The first-order chi connectivity index (χ1) is 10.0. The number of nitrogens with one attached hydrogen (secondary N) is 1. The van der Waals surface area contributed by atoms with Gasteiger partial charge in [0.25, 0.3) is 5.91 Å². The second-order valence-corrected chi connectivity index (χ2v) is 6.70. The molecule has 106 valence electrons. The number of aromatic nitrogens is 1. The number of halogens is 2. The summed E-state index contributed by atoms with van der Waals surface area (Å²) < 4.78 is 1.74. The van der Waals surface area contributed by atoms with Gasteiger partial charge in [-0.1, -0.05) is 38.9 Å². The summed E-state index contributed by atoms with van der Waals surface area (Å²) in [6.45, 7) is 0. The molecule has 3 rings (SSSR count). The van der Waals surface area contributed by atoms with Gasteiger partial charge in [-0.3, -0.25) is 10.1 Å². The summed E-state index contributed by atoms with van der Waals surface area (Å²) in [5.74, 6) is -0.287. The van der Waals surface area contributed by atoms with Crippen LogP contribution in [0.3, 0.4) is 0 Å². The summed E-state index contributed by atoms with van der Waals surface area (Å²) in [5.41, 5.74) is 7.46. The van der Waals surface area contributed by atoms with Gasteiger partial charge in [0.1, 0.15) is 0 Å². The highest BCUT2D eigenvalue weighted by Crippen LogP contribution is 2.29. The molecule has 0 saturated carbocycles. The topological polar surface area (TPSA) is 68.0 Å². The number of carbonyl (C=O) groups excluding carboxylic acids is 1. The van der Waals surface area contributed by atoms with Crippen LogP contribution < -0.4 is 11.1 Å². The van der Waals surface area contributed by atoms with Gasteiger partial charge in [0.2, 0.25) is 0 Å². The lowest BCUT2D eigenvalue weighted by atomic mass is 10.2. The number of nitrogen functional groups attached to an aromatic ring is 1. The molecule has 7 heteroatoms. The van der Waals surface area contributed by atoms with Crippen molar-refractivity contribution in [2.75, 3.05) is 11.1 Å². The van der Waals surface area contributed by atoms with Gasteiger partial charge in [0, 0.05) is 15.2 Å². The maximum Gasteiger partial charge on any atom is 0.259 e. The van der Waals surface area contributed by atoms with Gasteiger partial charge < -0.3 is 5.73 Å². The van der Waals surface area contributed by atoms with E-state index in [-0.39, 0.29) is 5.91 Å². The Labute approximate surface area is 138 Å². The van der Waals surface area contributed by atoms with Crippen LogP contribution in [0.5, 0.6) is 0 Å². The van der Waals surface area contributed by atoms with E-state index in [1.807, 2.05) is 12.1 Å². The van der Waals surface area contributed by atoms with Crippen LogP contribution in [-0.4, -0.2) is 10.9 Å². The maximum atomic E-state index is 12.2. The molecule has 21 heavy (non-hydrogen) atoms. The standard InChI is InChI=1S/C14H9BrClN3OS/c15-7-1-3-9(10(17)5-7)13(20)19-14-18-11-4-2-8(16)6-12(11)21-14/h1-6H,17H2,(H,18,19,20). The quantitative estimate of drug-likeness (QED) is 0.639. The zero-order chi connectivity index (χ0) is 15.0. The first-order valence-electron chi connectivity index (χ1n) is 5.95. The van der Waals surface area contributed by atoms with Crippen LogP contribution in [0.1, 0.15) is 10.4 Å². The number of fused-ring (bicyclic) bond motifs is 1. The largest absolute Gasteiger partial charge is 0.398 e. The number of thiazole rings is 1. The van der Waals surface area contributed by atoms with Crippen LogP contribution in [0, 0.1) is 0 Å². The first-order valence-corrected chi connectivity index (χ1v) is 7.94. The summed E-state index contributed by atoms with van der Waals surface area (Å²) in [6, 6.07) is 10.5. The molecule has 0 unspecified atom stereocenters. The molecule has 0 bridgehead atoms. The van der Waals surface area contributed by atoms with Crippen molar-refractivity contribution in [1.82, 2.24) is 4.98 Å². The van der Waals surface area contributed by atoms with Gasteiger partial charge in [0.05, 0.1) is 15.8 Å². The van der Waals surface area contributed by atoms with E-state index >= 15 is 0 Å². The fourth-order valence-electron chi connectivity index (χ4n) is 1.86. The molecule has 3 aromatic rings. The SMILES string of the molecule is Nc1cc(Br)ccc1C(=O)Nc1nc2ccc(Cl)cc2s1. The smallest absolute Gasteiger partial charge is 0.259 e. The molecule has 0 aliphatic rings. The summed E-state index contributed by atoms with van der Waals surface area (Å²) >= 11 is 10.6. The zero-order valence-electron chi connectivity index (χ0n) is 10.6. The minimum atomic E-state index is -0.287. The van der Waals surface area contributed by atoms with E-state index < -0.39 is 0 Å². The molecule has 0 aliphatic heterocycles. The van der Waals surface area contributed by atoms with Crippen LogP contribution in [0.15, 0.2) is 40.9 Å². The average Bonchev–Trinajstić information content (AvgIpc) is 2.79. The Morgan fingerprint density at radius 3 is 2.86 bits per heavy atom. The number of nitrogens with zero attached hydrogens (tertiary/aromatic N) is 1. The summed E-state index contributed by atoms with van der Waals surface area (Å²) in [5, 5.41) is 3.91. The van der Waals surface area contributed by atoms with Crippen molar-refractivity contribution in [3.05, 3.63) is 51.5 Å². The first kappa shape index (κ1) is 14.3. The predicted molar refractivity (Wildman–Crippen MR) is 91.1 cm³/mol. The third-order valence-corrected chi connectivity index (χ3v) is 4.49. The van der Waals surface area contributed by atoms with Crippen molar-refractivity contribution in [1.29, 1.82) is 0 Å². The van der Waals surface area contributed by atoms with Gasteiger partial charge in [-0.05, 0) is 36.4 Å². The Kier molecular flexibility index (Phi) is 3.84. The lowest BCUT2D eigenvalue weighted by molar-refractivity contribution is 0.102. The Bertz CT molecular complexity index is 849. The van der Waals surface area contributed by atoms with Crippen molar-refractivity contribution in [3.63, 3.8) is 0 Å².